The van der Waals surface area contributed by atoms with Crippen LogP contribution in [0.1, 0.15) is 5.69 Å². The summed E-state index contributed by atoms with van der Waals surface area (Å²) in [6, 6.07) is 17.9. The average Bonchev–Trinajstić information content (AvgIpc) is 2.48. The first-order valence-electron chi connectivity index (χ1n) is 6.58. The molecule has 3 heteroatoms. The maximum atomic E-state index is 6.00. The Bertz CT molecular complexity index is 736. The summed E-state index contributed by atoms with van der Waals surface area (Å²) in [7, 11) is 1.90. The number of benzene rings is 2. The number of hydrogen-bond donors (Lipinski definition) is 1. The van der Waals surface area contributed by atoms with Gasteiger partial charge in [-0.25, -0.2) is 0 Å². The number of anilines is 1. The van der Waals surface area contributed by atoms with E-state index in [9.17, 15) is 0 Å². The molecule has 0 bridgehead atoms. The smallest absolute Gasteiger partial charge is 0.138 e. The number of aryl methyl sites for hydroxylation is 1. The lowest BCUT2D eigenvalue weighted by Gasteiger charge is -2.10. The number of para-hydroxylation sites is 1. The molecular formula is C17H16N2O. The lowest BCUT2D eigenvalue weighted by atomic mass is 10.2. The van der Waals surface area contributed by atoms with E-state index in [1.165, 1.54) is 0 Å². The number of nitrogens with zero attached hydrogens (tertiary/aromatic N) is 1. The first kappa shape index (κ1) is 12.5. The minimum absolute atomic E-state index is 0.819. The van der Waals surface area contributed by atoms with E-state index in [1.807, 2.05) is 68.6 Å². The third-order valence-corrected chi connectivity index (χ3v) is 3.18. The number of ether oxygens (including phenoxy) is 1. The van der Waals surface area contributed by atoms with E-state index in [0.29, 0.717) is 0 Å². The van der Waals surface area contributed by atoms with Crippen molar-refractivity contribution in [2.45, 2.75) is 6.92 Å². The molecule has 2 aromatic carbocycles. The molecule has 0 aliphatic carbocycles. The Balaban J connectivity index is 2.01. The Kier molecular flexibility index (Phi) is 3.25. The van der Waals surface area contributed by atoms with E-state index in [1.54, 1.807) is 0 Å². The molecule has 0 unspecified atom stereocenters. The van der Waals surface area contributed by atoms with Crippen molar-refractivity contribution in [1.29, 1.82) is 0 Å². The lowest BCUT2D eigenvalue weighted by Crippen LogP contribution is -1.91. The van der Waals surface area contributed by atoms with Gasteiger partial charge in [0.2, 0.25) is 0 Å². The summed E-state index contributed by atoms with van der Waals surface area (Å²) in [6.45, 7) is 1.98. The second-order valence-corrected chi connectivity index (χ2v) is 4.66. The number of fused-ring (bicyclic) bond motifs is 1. The zero-order valence-electron chi connectivity index (χ0n) is 11.6. The summed E-state index contributed by atoms with van der Waals surface area (Å²) >= 11 is 0. The largest absolute Gasteiger partial charge is 0.457 e. The minimum atomic E-state index is 0.819. The maximum Gasteiger partial charge on any atom is 0.138 e. The third-order valence-electron chi connectivity index (χ3n) is 3.18. The van der Waals surface area contributed by atoms with Crippen LogP contribution in [0.15, 0.2) is 54.6 Å². The van der Waals surface area contributed by atoms with Crippen LogP contribution in [0.2, 0.25) is 0 Å². The van der Waals surface area contributed by atoms with E-state index < -0.39 is 0 Å². The third kappa shape index (κ3) is 2.43. The van der Waals surface area contributed by atoms with E-state index in [4.69, 9.17) is 4.74 Å². The summed E-state index contributed by atoms with van der Waals surface area (Å²) in [4.78, 5) is 4.52. The van der Waals surface area contributed by atoms with Crippen molar-refractivity contribution >= 4 is 16.6 Å². The van der Waals surface area contributed by atoms with Crippen LogP contribution < -0.4 is 10.1 Å². The van der Waals surface area contributed by atoms with Gasteiger partial charge in [0, 0.05) is 29.9 Å². The van der Waals surface area contributed by atoms with Gasteiger partial charge in [0.15, 0.2) is 0 Å². The lowest BCUT2D eigenvalue weighted by molar-refractivity contribution is 0.487. The van der Waals surface area contributed by atoms with Crippen molar-refractivity contribution in [3.05, 3.63) is 60.3 Å². The summed E-state index contributed by atoms with van der Waals surface area (Å²) in [6.07, 6.45) is 0. The molecule has 0 radical (unpaired) electrons. The van der Waals surface area contributed by atoms with Crippen molar-refractivity contribution in [2.75, 3.05) is 12.4 Å². The van der Waals surface area contributed by atoms with E-state index in [-0.39, 0.29) is 0 Å². The zero-order chi connectivity index (χ0) is 13.9. The Labute approximate surface area is 118 Å². The molecule has 3 rings (SSSR count). The zero-order valence-corrected chi connectivity index (χ0v) is 11.6. The fraction of sp³-hybridized carbons (Fsp3) is 0.118. The fourth-order valence-corrected chi connectivity index (χ4v) is 2.17. The monoisotopic (exact) mass is 264 g/mol. The van der Waals surface area contributed by atoms with Crippen LogP contribution >= 0.6 is 0 Å². The van der Waals surface area contributed by atoms with Gasteiger partial charge in [0.25, 0.3) is 0 Å². The van der Waals surface area contributed by atoms with E-state index in [0.717, 1.165) is 33.8 Å². The van der Waals surface area contributed by atoms with Crippen LogP contribution in [-0.4, -0.2) is 12.0 Å². The van der Waals surface area contributed by atoms with Crippen LogP contribution in [0.4, 0.5) is 5.69 Å². The molecule has 0 fully saturated rings. The standard InChI is InChI=1S/C17H16N2O/c1-12-11-17(15-5-3-4-6-16(15)19-12)20-14-9-7-13(18-2)8-10-14/h3-11,18H,1-2H3. The van der Waals surface area contributed by atoms with Crippen molar-refractivity contribution in [2.24, 2.45) is 0 Å². The first-order chi connectivity index (χ1) is 9.76. The van der Waals surface area contributed by atoms with Gasteiger partial charge in [0.05, 0.1) is 5.52 Å². The molecule has 1 heterocycles. The second-order valence-electron chi connectivity index (χ2n) is 4.66. The normalized spacial score (nSPS) is 10.5. The summed E-state index contributed by atoms with van der Waals surface area (Å²) in [5.41, 5.74) is 2.97. The number of hydrogen-bond acceptors (Lipinski definition) is 3. The van der Waals surface area contributed by atoms with Gasteiger partial charge in [0.1, 0.15) is 11.5 Å². The van der Waals surface area contributed by atoms with Crippen LogP contribution in [-0.2, 0) is 0 Å². The van der Waals surface area contributed by atoms with Crippen LogP contribution in [0, 0.1) is 6.92 Å². The molecule has 0 atom stereocenters. The molecule has 3 nitrogen and oxygen atoms in total. The van der Waals surface area contributed by atoms with Gasteiger partial charge in [-0.3, -0.25) is 4.98 Å². The average molecular weight is 264 g/mol. The Morgan fingerprint density at radius 1 is 1.00 bits per heavy atom. The Morgan fingerprint density at radius 2 is 1.75 bits per heavy atom. The summed E-state index contributed by atoms with van der Waals surface area (Å²) in [5.74, 6) is 1.66. The van der Waals surface area contributed by atoms with Crippen LogP contribution in [0.25, 0.3) is 10.9 Å². The van der Waals surface area contributed by atoms with Gasteiger partial charge in [-0.05, 0) is 43.3 Å². The fourth-order valence-electron chi connectivity index (χ4n) is 2.17. The highest BCUT2D eigenvalue weighted by molar-refractivity contribution is 5.85. The first-order valence-corrected chi connectivity index (χ1v) is 6.58. The summed E-state index contributed by atoms with van der Waals surface area (Å²) in [5, 5.41) is 4.12. The minimum Gasteiger partial charge on any atom is -0.457 e. The molecule has 100 valence electrons. The SMILES string of the molecule is CNc1ccc(Oc2cc(C)nc3ccccc23)cc1. The van der Waals surface area contributed by atoms with Crippen LogP contribution in [0.5, 0.6) is 11.5 Å². The van der Waals surface area contributed by atoms with Crippen molar-refractivity contribution in [1.82, 2.24) is 4.98 Å². The molecule has 3 aromatic rings. The second kappa shape index (κ2) is 5.21. The predicted octanol–water partition coefficient (Wildman–Crippen LogP) is 4.38. The topological polar surface area (TPSA) is 34.1 Å². The van der Waals surface area contributed by atoms with Crippen molar-refractivity contribution in [3.8, 4) is 11.5 Å². The molecule has 0 aliphatic rings. The number of aromatic nitrogens is 1. The molecule has 1 N–H and O–H groups in total. The molecule has 0 amide bonds. The predicted molar refractivity (Wildman–Crippen MR) is 82.5 cm³/mol. The van der Waals surface area contributed by atoms with Gasteiger partial charge in [-0.2, -0.15) is 0 Å². The molecule has 0 aliphatic heterocycles. The maximum absolute atomic E-state index is 6.00. The van der Waals surface area contributed by atoms with E-state index >= 15 is 0 Å². The highest BCUT2D eigenvalue weighted by Crippen LogP contribution is 2.30. The number of nitrogens with one attached hydrogen (secondary N) is 1. The van der Waals surface area contributed by atoms with E-state index in [2.05, 4.69) is 10.3 Å². The molecule has 0 saturated carbocycles. The highest BCUT2D eigenvalue weighted by Gasteiger charge is 2.05. The molecule has 0 spiro atoms. The quantitative estimate of drug-likeness (QED) is 0.762. The Morgan fingerprint density at radius 3 is 2.50 bits per heavy atom. The molecule has 0 saturated heterocycles. The van der Waals surface area contributed by atoms with Gasteiger partial charge >= 0.3 is 0 Å². The van der Waals surface area contributed by atoms with Gasteiger partial charge in [-0.15, -0.1) is 0 Å². The molecule has 1 aromatic heterocycles. The number of pyridine rings is 1. The summed E-state index contributed by atoms with van der Waals surface area (Å²) < 4.78 is 6.00. The van der Waals surface area contributed by atoms with Crippen molar-refractivity contribution < 1.29 is 4.74 Å². The number of rotatable bonds is 3. The van der Waals surface area contributed by atoms with Crippen molar-refractivity contribution in [3.63, 3.8) is 0 Å². The molecular weight excluding hydrogens is 248 g/mol. The highest BCUT2D eigenvalue weighted by atomic mass is 16.5. The van der Waals surface area contributed by atoms with Gasteiger partial charge in [-0.1, -0.05) is 12.1 Å². The van der Waals surface area contributed by atoms with Gasteiger partial charge < -0.3 is 10.1 Å². The molecule has 20 heavy (non-hydrogen) atoms. The Hall–Kier alpha value is -2.55. The van der Waals surface area contributed by atoms with Crippen LogP contribution in [0.3, 0.4) is 0 Å².